The van der Waals surface area contributed by atoms with Gasteiger partial charge in [-0.3, -0.25) is 4.79 Å². The molecule has 0 aromatic heterocycles. The van der Waals surface area contributed by atoms with E-state index >= 15 is 0 Å². The minimum atomic E-state index is -1.40. The Morgan fingerprint density at radius 3 is 2.13 bits per heavy atom. The van der Waals surface area contributed by atoms with E-state index in [-0.39, 0.29) is 12.2 Å². The topological polar surface area (TPSA) is 107 Å². The molecule has 0 radical (unpaired) electrons. The van der Waals surface area contributed by atoms with Crippen LogP contribution < -0.4 is 0 Å². The highest BCUT2D eigenvalue weighted by Gasteiger charge is 2.43. The van der Waals surface area contributed by atoms with Crippen molar-refractivity contribution in [3.63, 3.8) is 0 Å². The van der Waals surface area contributed by atoms with Gasteiger partial charge in [0.15, 0.2) is 0 Å². The van der Waals surface area contributed by atoms with Gasteiger partial charge in [-0.15, -0.1) is 0 Å². The molecule has 0 aliphatic carbocycles. The third-order valence-electron chi connectivity index (χ3n) is 2.48. The third-order valence-corrected chi connectivity index (χ3v) is 2.48. The molecule has 1 rings (SSSR count). The lowest BCUT2D eigenvalue weighted by molar-refractivity contribution is -0.229. The number of hydrogen-bond donors (Lipinski definition) is 4. The van der Waals surface area contributed by atoms with Gasteiger partial charge in [0.1, 0.15) is 30.2 Å². The highest BCUT2D eigenvalue weighted by atomic mass is 16.5. The van der Waals surface area contributed by atoms with Crippen LogP contribution in [0.2, 0.25) is 0 Å². The molecule has 6 nitrogen and oxygen atoms in total. The van der Waals surface area contributed by atoms with Crippen LogP contribution in [0.1, 0.15) is 13.3 Å². The fraction of sp³-hybridized carbons (Fsp3) is 0.889. The van der Waals surface area contributed by atoms with Crippen LogP contribution >= 0.6 is 0 Å². The van der Waals surface area contributed by atoms with Crippen molar-refractivity contribution in [3.8, 4) is 0 Å². The largest absolute Gasteiger partial charge is 0.394 e. The number of aliphatic hydroxyl groups is 4. The van der Waals surface area contributed by atoms with Gasteiger partial charge in [-0.05, 0) is 6.92 Å². The van der Waals surface area contributed by atoms with Crippen LogP contribution in [0.5, 0.6) is 0 Å². The van der Waals surface area contributed by atoms with Gasteiger partial charge in [0.2, 0.25) is 0 Å². The number of aliphatic hydroxyl groups excluding tert-OH is 4. The van der Waals surface area contributed by atoms with Gasteiger partial charge in [0.05, 0.1) is 12.7 Å². The molecule has 1 saturated heterocycles. The third kappa shape index (κ3) is 2.73. The summed E-state index contributed by atoms with van der Waals surface area (Å²) < 4.78 is 5.11. The Labute approximate surface area is 87.1 Å². The van der Waals surface area contributed by atoms with Crippen molar-refractivity contribution in [3.05, 3.63) is 0 Å². The predicted molar refractivity (Wildman–Crippen MR) is 49.1 cm³/mol. The van der Waals surface area contributed by atoms with Crippen LogP contribution in [-0.4, -0.2) is 63.3 Å². The molecule has 0 aromatic carbocycles. The summed E-state index contributed by atoms with van der Waals surface area (Å²) in [5.41, 5.74) is 0. The summed E-state index contributed by atoms with van der Waals surface area (Å²) in [6.45, 7) is 0.862. The first-order valence-corrected chi connectivity index (χ1v) is 4.77. The van der Waals surface area contributed by atoms with E-state index in [9.17, 15) is 20.1 Å². The zero-order valence-corrected chi connectivity index (χ0v) is 8.41. The number of hydrogen-bond acceptors (Lipinski definition) is 6. The minimum Gasteiger partial charge on any atom is -0.394 e. The van der Waals surface area contributed by atoms with Gasteiger partial charge >= 0.3 is 0 Å². The number of Topliss-reactive ketones (excluding diaryl/α,β-unsaturated/α-hetero) is 1. The first-order valence-electron chi connectivity index (χ1n) is 4.77. The van der Waals surface area contributed by atoms with Gasteiger partial charge < -0.3 is 25.2 Å². The highest BCUT2D eigenvalue weighted by Crippen LogP contribution is 2.23. The van der Waals surface area contributed by atoms with Gasteiger partial charge in [0.25, 0.3) is 0 Å². The van der Waals surface area contributed by atoms with E-state index in [0.29, 0.717) is 0 Å². The second-order valence-corrected chi connectivity index (χ2v) is 3.77. The molecule has 0 bridgehead atoms. The van der Waals surface area contributed by atoms with Crippen molar-refractivity contribution in [1.29, 1.82) is 0 Å². The maximum absolute atomic E-state index is 10.8. The molecule has 1 aliphatic rings. The molecule has 0 aromatic rings. The summed E-state index contributed by atoms with van der Waals surface area (Å²) in [4.78, 5) is 10.8. The normalized spacial score (nSPS) is 41.5. The van der Waals surface area contributed by atoms with E-state index in [1.165, 1.54) is 6.92 Å². The van der Waals surface area contributed by atoms with E-state index in [2.05, 4.69) is 0 Å². The molecule has 6 heteroatoms. The number of rotatable bonds is 3. The number of carbonyl (C=O) groups excluding carboxylic acids is 1. The molecule has 5 atom stereocenters. The summed E-state index contributed by atoms with van der Waals surface area (Å²) in [5, 5.41) is 37.2. The van der Waals surface area contributed by atoms with Gasteiger partial charge in [-0.2, -0.15) is 0 Å². The van der Waals surface area contributed by atoms with Crippen LogP contribution in [-0.2, 0) is 9.53 Å². The van der Waals surface area contributed by atoms with E-state index < -0.39 is 37.1 Å². The summed E-state index contributed by atoms with van der Waals surface area (Å²) in [6.07, 6.45) is -5.95. The second kappa shape index (κ2) is 5.00. The molecule has 1 fully saturated rings. The Bertz CT molecular complexity index is 229. The van der Waals surface area contributed by atoms with Crippen molar-refractivity contribution in [2.45, 2.75) is 43.9 Å². The maximum Gasteiger partial charge on any atom is 0.132 e. The Kier molecular flexibility index (Phi) is 4.18. The van der Waals surface area contributed by atoms with E-state index in [1.54, 1.807) is 0 Å². The number of ether oxygens (including phenoxy) is 1. The molecule has 0 saturated carbocycles. The minimum absolute atomic E-state index is 0.0541. The first kappa shape index (κ1) is 12.5. The molecule has 0 spiro atoms. The molecule has 0 amide bonds. The zero-order valence-electron chi connectivity index (χ0n) is 8.41. The van der Waals surface area contributed by atoms with E-state index in [1.807, 2.05) is 0 Å². The fourth-order valence-corrected chi connectivity index (χ4v) is 1.63. The van der Waals surface area contributed by atoms with Crippen molar-refractivity contribution >= 4 is 5.78 Å². The van der Waals surface area contributed by atoms with Crippen molar-refractivity contribution < 1.29 is 30.0 Å². The molecular weight excluding hydrogens is 204 g/mol. The molecular formula is C9H16O6. The predicted octanol–water partition coefficient (Wildman–Crippen LogP) is -2.19. The van der Waals surface area contributed by atoms with E-state index in [4.69, 9.17) is 9.84 Å². The van der Waals surface area contributed by atoms with Gasteiger partial charge in [-0.1, -0.05) is 0 Å². The monoisotopic (exact) mass is 220 g/mol. The summed E-state index contributed by atoms with van der Waals surface area (Å²) >= 11 is 0. The lowest BCUT2D eigenvalue weighted by Gasteiger charge is -2.39. The van der Waals surface area contributed by atoms with Gasteiger partial charge in [-0.25, -0.2) is 0 Å². The smallest absolute Gasteiger partial charge is 0.132 e. The molecule has 88 valence electrons. The summed E-state index contributed by atoms with van der Waals surface area (Å²) in [7, 11) is 0. The van der Waals surface area contributed by atoms with Crippen LogP contribution in [0, 0.1) is 0 Å². The first-order chi connectivity index (χ1) is 6.97. The summed E-state index contributed by atoms with van der Waals surface area (Å²) in [5.74, 6) is -0.195. The van der Waals surface area contributed by atoms with E-state index in [0.717, 1.165) is 0 Å². The Morgan fingerprint density at radius 1 is 1.13 bits per heavy atom. The van der Waals surface area contributed by atoms with Gasteiger partial charge in [0, 0.05) is 6.42 Å². The van der Waals surface area contributed by atoms with Crippen molar-refractivity contribution in [1.82, 2.24) is 0 Å². The van der Waals surface area contributed by atoms with Crippen LogP contribution in [0.3, 0.4) is 0 Å². The van der Waals surface area contributed by atoms with Crippen LogP contribution in [0.25, 0.3) is 0 Å². The molecule has 1 heterocycles. The maximum atomic E-state index is 10.8. The average molecular weight is 220 g/mol. The van der Waals surface area contributed by atoms with Crippen LogP contribution in [0.15, 0.2) is 0 Å². The quantitative estimate of drug-likeness (QED) is 0.430. The molecule has 4 N–H and O–H groups in total. The van der Waals surface area contributed by atoms with Crippen LogP contribution in [0.4, 0.5) is 0 Å². The second-order valence-electron chi connectivity index (χ2n) is 3.77. The molecule has 1 unspecified atom stereocenters. The standard InChI is InChI=1S/C9H16O6/c1-4(11)2-5-7(12)9(14)8(13)6(3-10)15-5/h5-10,12-14H,2-3H2,1H3/t5?,6-,7-,8-,9-/m1/s1. The lowest BCUT2D eigenvalue weighted by atomic mass is 9.93. The highest BCUT2D eigenvalue weighted by molar-refractivity contribution is 5.76. The number of carbonyl (C=O) groups is 1. The molecule has 15 heavy (non-hydrogen) atoms. The lowest BCUT2D eigenvalue weighted by Crippen LogP contribution is -2.58. The fourth-order valence-electron chi connectivity index (χ4n) is 1.63. The average Bonchev–Trinajstić information content (AvgIpc) is 2.18. The van der Waals surface area contributed by atoms with Crippen molar-refractivity contribution in [2.24, 2.45) is 0 Å². The number of ketones is 1. The SMILES string of the molecule is CC(=O)CC1O[C@H](CO)[C@@H](O)[C@H](O)[C@@H]1O. The Balaban J connectivity index is 2.69. The Morgan fingerprint density at radius 2 is 1.67 bits per heavy atom. The Hall–Kier alpha value is -0.530. The summed E-state index contributed by atoms with van der Waals surface area (Å²) in [6, 6.07) is 0. The molecule has 1 aliphatic heterocycles. The van der Waals surface area contributed by atoms with Crippen molar-refractivity contribution in [2.75, 3.05) is 6.61 Å². The zero-order chi connectivity index (χ0) is 11.6.